The molecule has 0 bridgehead atoms. The van der Waals surface area contributed by atoms with Crippen molar-refractivity contribution in [3.8, 4) is 6.07 Å². The Hall–Kier alpha value is -3.93. The van der Waals surface area contributed by atoms with Crippen molar-refractivity contribution in [3.63, 3.8) is 0 Å². The number of benzene rings is 2. The molecule has 3 aromatic rings. The molecule has 5 rings (SSSR count). The molecule has 174 valence electrons. The Kier molecular flexibility index (Phi) is 5.65. The second-order valence-electron chi connectivity index (χ2n) is 9.40. The van der Waals surface area contributed by atoms with Gasteiger partial charge in [0, 0.05) is 43.6 Å². The van der Waals surface area contributed by atoms with Crippen LogP contribution in [-0.2, 0) is 11.3 Å². The van der Waals surface area contributed by atoms with E-state index in [4.69, 9.17) is 10.00 Å². The largest absolute Gasteiger partial charge is 0.445 e. The Morgan fingerprint density at radius 3 is 2.47 bits per heavy atom. The van der Waals surface area contributed by atoms with Crippen LogP contribution in [0, 0.1) is 23.2 Å². The SMILES string of the molecule is CC(C)c1cc(C#N)ccc1COC(=O)N1CC2CN(C(=O)c3ccc4n[nH]nc4c3)CC2C1. The van der Waals surface area contributed by atoms with Gasteiger partial charge in [0.15, 0.2) is 0 Å². The van der Waals surface area contributed by atoms with Gasteiger partial charge in [0.05, 0.1) is 11.6 Å². The number of hydrogen-bond acceptors (Lipinski definition) is 6. The number of ether oxygens (including phenoxy) is 1. The number of hydrogen-bond donors (Lipinski definition) is 1. The minimum Gasteiger partial charge on any atom is -0.445 e. The summed E-state index contributed by atoms with van der Waals surface area (Å²) in [6, 6.07) is 13.0. The summed E-state index contributed by atoms with van der Waals surface area (Å²) in [6.07, 6.45) is -0.331. The predicted molar refractivity (Wildman–Crippen MR) is 124 cm³/mol. The lowest BCUT2D eigenvalue weighted by molar-refractivity contribution is 0.0764. The van der Waals surface area contributed by atoms with E-state index in [1.54, 1.807) is 29.2 Å². The molecule has 9 nitrogen and oxygen atoms in total. The van der Waals surface area contributed by atoms with Crippen molar-refractivity contribution in [1.29, 1.82) is 5.26 Å². The number of nitrogens with one attached hydrogen (secondary N) is 1. The molecular formula is C25H26N6O3. The van der Waals surface area contributed by atoms with E-state index >= 15 is 0 Å². The second-order valence-corrected chi connectivity index (χ2v) is 9.40. The Labute approximate surface area is 197 Å². The highest BCUT2D eigenvalue weighted by Gasteiger charge is 2.43. The summed E-state index contributed by atoms with van der Waals surface area (Å²) in [5.41, 5.74) is 4.53. The van der Waals surface area contributed by atoms with E-state index in [1.807, 2.05) is 17.0 Å². The number of likely N-dealkylation sites (tertiary alicyclic amines) is 2. The van der Waals surface area contributed by atoms with Crippen LogP contribution in [-0.4, -0.2) is 63.4 Å². The van der Waals surface area contributed by atoms with E-state index in [1.165, 1.54) is 0 Å². The van der Waals surface area contributed by atoms with Crippen molar-refractivity contribution >= 4 is 23.0 Å². The molecule has 0 aliphatic carbocycles. The summed E-state index contributed by atoms with van der Waals surface area (Å²) in [5.74, 6) is 0.693. The van der Waals surface area contributed by atoms with Crippen LogP contribution in [0.25, 0.3) is 11.0 Å². The van der Waals surface area contributed by atoms with Crippen LogP contribution in [0.2, 0.25) is 0 Å². The highest BCUT2D eigenvalue weighted by molar-refractivity contribution is 5.97. The van der Waals surface area contributed by atoms with Crippen LogP contribution in [0.1, 0.15) is 46.8 Å². The molecule has 1 N–H and O–H groups in total. The van der Waals surface area contributed by atoms with Crippen LogP contribution in [0.15, 0.2) is 36.4 Å². The summed E-state index contributed by atoms with van der Waals surface area (Å²) in [5, 5.41) is 19.8. The third-order valence-corrected chi connectivity index (χ3v) is 6.84. The molecule has 2 aromatic carbocycles. The van der Waals surface area contributed by atoms with Gasteiger partial charge in [0.2, 0.25) is 0 Å². The number of H-pyrrole nitrogens is 1. The monoisotopic (exact) mass is 458 g/mol. The molecular weight excluding hydrogens is 432 g/mol. The van der Waals surface area contributed by atoms with E-state index in [-0.39, 0.29) is 36.4 Å². The van der Waals surface area contributed by atoms with Crippen molar-refractivity contribution in [2.75, 3.05) is 26.2 Å². The van der Waals surface area contributed by atoms with Gasteiger partial charge in [0.1, 0.15) is 17.6 Å². The van der Waals surface area contributed by atoms with Gasteiger partial charge in [-0.1, -0.05) is 19.9 Å². The van der Waals surface area contributed by atoms with Crippen molar-refractivity contribution in [2.24, 2.45) is 11.8 Å². The molecule has 0 spiro atoms. The van der Waals surface area contributed by atoms with E-state index in [9.17, 15) is 9.59 Å². The summed E-state index contributed by atoms with van der Waals surface area (Å²) < 4.78 is 5.63. The van der Waals surface area contributed by atoms with Gasteiger partial charge < -0.3 is 14.5 Å². The lowest BCUT2D eigenvalue weighted by Crippen LogP contribution is -2.35. The maximum Gasteiger partial charge on any atom is 0.410 e. The number of rotatable bonds is 4. The molecule has 9 heteroatoms. The molecule has 0 radical (unpaired) electrons. The van der Waals surface area contributed by atoms with Crippen molar-refractivity contribution in [1.82, 2.24) is 25.2 Å². The third kappa shape index (κ3) is 4.07. The Morgan fingerprint density at radius 2 is 1.76 bits per heavy atom. The first-order chi connectivity index (χ1) is 16.4. The molecule has 2 amide bonds. The predicted octanol–water partition coefficient (Wildman–Crippen LogP) is 3.29. The first-order valence-electron chi connectivity index (χ1n) is 11.5. The maximum absolute atomic E-state index is 13.0. The molecule has 2 atom stereocenters. The Morgan fingerprint density at radius 1 is 1.06 bits per heavy atom. The number of aromatic amines is 1. The number of nitriles is 1. The number of amides is 2. The number of fused-ring (bicyclic) bond motifs is 2. The smallest absolute Gasteiger partial charge is 0.410 e. The quantitative estimate of drug-likeness (QED) is 0.641. The normalized spacial score (nSPS) is 19.5. The summed E-state index contributed by atoms with van der Waals surface area (Å²) in [7, 11) is 0. The van der Waals surface area contributed by atoms with Gasteiger partial charge in [-0.15, -0.1) is 0 Å². The number of aromatic nitrogens is 3. The molecule has 34 heavy (non-hydrogen) atoms. The minimum absolute atomic E-state index is 0.0181. The highest BCUT2D eigenvalue weighted by atomic mass is 16.6. The lowest BCUT2D eigenvalue weighted by Gasteiger charge is -2.22. The first-order valence-corrected chi connectivity index (χ1v) is 11.5. The fraction of sp³-hybridized carbons (Fsp3) is 0.400. The molecule has 2 aliphatic rings. The number of nitrogens with zero attached hydrogens (tertiary/aromatic N) is 5. The Bertz CT molecular complexity index is 1280. The molecule has 2 fully saturated rings. The van der Waals surface area contributed by atoms with Gasteiger partial charge in [0.25, 0.3) is 5.91 Å². The zero-order valence-corrected chi connectivity index (χ0v) is 19.2. The van der Waals surface area contributed by atoms with Crippen LogP contribution in [0.3, 0.4) is 0 Å². The lowest BCUT2D eigenvalue weighted by atomic mass is 9.95. The van der Waals surface area contributed by atoms with Gasteiger partial charge in [-0.05, 0) is 47.4 Å². The van der Waals surface area contributed by atoms with E-state index in [2.05, 4.69) is 35.3 Å². The summed E-state index contributed by atoms with van der Waals surface area (Å²) in [4.78, 5) is 29.4. The topological polar surface area (TPSA) is 115 Å². The average Bonchev–Trinajstić information content (AvgIpc) is 3.56. The van der Waals surface area contributed by atoms with Gasteiger partial charge in [-0.3, -0.25) is 4.79 Å². The van der Waals surface area contributed by atoms with E-state index < -0.39 is 0 Å². The van der Waals surface area contributed by atoms with Crippen molar-refractivity contribution in [2.45, 2.75) is 26.4 Å². The summed E-state index contributed by atoms with van der Waals surface area (Å²) in [6.45, 7) is 6.70. The summed E-state index contributed by atoms with van der Waals surface area (Å²) >= 11 is 0. The zero-order valence-electron chi connectivity index (χ0n) is 19.2. The fourth-order valence-corrected chi connectivity index (χ4v) is 5.03. The van der Waals surface area contributed by atoms with Crippen molar-refractivity contribution < 1.29 is 14.3 Å². The van der Waals surface area contributed by atoms with Crippen LogP contribution in [0.4, 0.5) is 4.79 Å². The fourth-order valence-electron chi connectivity index (χ4n) is 5.03. The third-order valence-electron chi connectivity index (χ3n) is 6.84. The molecule has 0 saturated carbocycles. The van der Waals surface area contributed by atoms with Crippen LogP contribution in [0.5, 0.6) is 0 Å². The molecule has 1 aromatic heterocycles. The Balaban J connectivity index is 1.17. The molecule has 2 aliphatic heterocycles. The van der Waals surface area contributed by atoms with Gasteiger partial charge in [-0.25, -0.2) is 4.79 Å². The molecule has 3 heterocycles. The minimum atomic E-state index is -0.331. The standard InChI is InChI=1S/C25H26N6O3/c1-15(2)21-7-16(9-26)3-4-18(21)14-34-25(33)31-12-19-10-30(11-20(19)13-31)24(32)17-5-6-22-23(8-17)28-29-27-22/h3-8,15,19-20H,10-14H2,1-2H3,(H,27,28,29). The number of carbonyl (C=O) groups is 2. The second kappa shape index (κ2) is 8.78. The average molecular weight is 459 g/mol. The number of carbonyl (C=O) groups excluding carboxylic acids is 2. The van der Waals surface area contributed by atoms with Crippen molar-refractivity contribution in [3.05, 3.63) is 58.7 Å². The maximum atomic E-state index is 13.0. The first kappa shape index (κ1) is 21.9. The molecule has 2 saturated heterocycles. The van der Waals surface area contributed by atoms with E-state index in [0.717, 1.165) is 16.6 Å². The van der Waals surface area contributed by atoms with Gasteiger partial charge in [-0.2, -0.15) is 20.7 Å². The van der Waals surface area contributed by atoms with Crippen LogP contribution < -0.4 is 0 Å². The highest BCUT2D eigenvalue weighted by Crippen LogP contribution is 2.32. The van der Waals surface area contributed by atoms with E-state index in [0.29, 0.717) is 42.8 Å². The van der Waals surface area contributed by atoms with Gasteiger partial charge >= 0.3 is 6.09 Å². The van der Waals surface area contributed by atoms with Crippen LogP contribution >= 0.6 is 0 Å². The molecule has 2 unspecified atom stereocenters. The zero-order chi connectivity index (χ0) is 23.8.